The molecule has 0 heterocycles. The summed E-state index contributed by atoms with van der Waals surface area (Å²) in [6, 6.07) is 0. The van der Waals surface area contributed by atoms with Gasteiger partial charge in [0.2, 0.25) is 0 Å². The van der Waals surface area contributed by atoms with Crippen LogP contribution < -0.4 is 0 Å². The number of halogens is 3. The fraction of sp³-hybridized carbons (Fsp3) is 1.00. The summed E-state index contributed by atoms with van der Waals surface area (Å²) in [6.07, 6.45) is 2.96. The van der Waals surface area contributed by atoms with Gasteiger partial charge in [0.25, 0.3) is 0 Å². The first kappa shape index (κ1) is 23.3. The summed E-state index contributed by atoms with van der Waals surface area (Å²) in [6.45, 7) is 9.42. The van der Waals surface area contributed by atoms with Crippen LogP contribution in [0.5, 0.6) is 0 Å². The second kappa shape index (κ2) is 10.1. The van der Waals surface area contributed by atoms with Crippen molar-refractivity contribution >= 4 is 26.0 Å². The third kappa shape index (κ3) is 17.2. The van der Waals surface area contributed by atoms with Gasteiger partial charge in [0.05, 0.1) is 0 Å². The molecule has 110 valence electrons. The Morgan fingerprint density at radius 1 is 1.00 bits per heavy atom. The summed E-state index contributed by atoms with van der Waals surface area (Å²) >= 11 is 0. The van der Waals surface area contributed by atoms with Gasteiger partial charge in [-0.05, 0) is 39.0 Å². The Hall–Kier alpha value is 1.25. The van der Waals surface area contributed by atoms with Gasteiger partial charge >= 0.3 is 5.51 Å². The van der Waals surface area contributed by atoms with Crippen molar-refractivity contribution in [2.24, 2.45) is 0 Å². The topological polar surface area (TPSA) is 57.2 Å². The minimum absolute atomic E-state index is 0. The normalized spacial score (nSPS) is 11.9. The molecule has 0 atom stereocenters. The molecule has 0 saturated heterocycles. The summed E-state index contributed by atoms with van der Waals surface area (Å²) in [4.78, 5) is 0. The van der Waals surface area contributed by atoms with Gasteiger partial charge in [-0.1, -0.05) is 0 Å². The van der Waals surface area contributed by atoms with Gasteiger partial charge < -0.3 is 4.55 Å². The molecule has 0 fully saturated rings. The molecule has 10 heteroatoms. The van der Waals surface area contributed by atoms with Crippen LogP contribution in [0.1, 0.15) is 0 Å². The molecule has 0 radical (unpaired) electrons. The SMILES string of the molecule is CP(C)CCP(C)C.O=S(=O)([O-])C(F)(F)F.[Pt]. The zero-order chi connectivity index (χ0) is 13.6. The molecule has 0 aromatic carbocycles. The average Bonchev–Trinajstić information content (AvgIpc) is 1.98. The second-order valence-corrected chi connectivity index (χ2v) is 10.1. The van der Waals surface area contributed by atoms with E-state index in [2.05, 4.69) is 26.7 Å². The van der Waals surface area contributed by atoms with Crippen LogP contribution in [-0.2, 0) is 31.2 Å². The number of hydrogen-bond acceptors (Lipinski definition) is 3. The van der Waals surface area contributed by atoms with E-state index < -0.39 is 15.6 Å². The average molecular weight is 494 g/mol. The Bertz CT molecular complexity index is 273. The summed E-state index contributed by atoms with van der Waals surface area (Å²) in [5.41, 5.74) is -5.65. The van der Waals surface area contributed by atoms with E-state index in [1.165, 1.54) is 12.3 Å². The Morgan fingerprint density at radius 2 is 1.18 bits per heavy atom. The minimum atomic E-state index is -6.09. The van der Waals surface area contributed by atoms with E-state index in [1.807, 2.05) is 0 Å². The Kier molecular flexibility index (Phi) is 13.9. The number of rotatable bonds is 3. The van der Waals surface area contributed by atoms with Crippen LogP contribution >= 0.6 is 15.8 Å². The van der Waals surface area contributed by atoms with Crippen molar-refractivity contribution in [3.8, 4) is 0 Å². The Morgan fingerprint density at radius 3 is 1.24 bits per heavy atom. The van der Waals surface area contributed by atoms with Crippen LogP contribution in [-0.4, -0.2) is 57.5 Å². The van der Waals surface area contributed by atoms with E-state index in [1.54, 1.807) is 0 Å². The quantitative estimate of drug-likeness (QED) is 0.345. The molecule has 0 unspecified atom stereocenters. The van der Waals surface area contributed by atoms with Crippen molar-refractivity contribution in [2.45, 2.75) is 5.51 Å². The van der Waals surface area contributed by atoms with Crippen LogP contribution in [0.2, 0.25) is 0 Å². The van der Waals surface area contributed by atoms with Gasteiger partial charge in [-0.15, -0.1) is 15.8 Å². The molecule has 0 aromatic rings. The Labute approximate surface area is 117 Å². The van der Waals surface area contributed by atoms with Gasteiger partial charge in [-0.25, -0.2) is 8.42 Å². The third-order valence-corrected chi connectivity index (χ3v) is 4.43. The summed E-state index contributed by atoms with van der Waals surface area (Å²) in [7, 11) is -5.32. The summed E-state index contributed by atoms with van der Waals surface area (Å²) in [5.74, 6) is 0. The molecule has 3 nitrogen and oxygen atoms in total. The van der Waals surface area contributed by atoms with Crippen LogP contribution in [0.4, 0.5) is 13.2 Å². The molecular weight excluding hydrogens is 478 g/mol. The van der Waals surface area contributed by atoms with Crippen molar-refractivity contribution in [2.75, 3.05) is 39.0 Å². The van der Waals surface area contributed by atoms with Gasteiger partial charge in [-0.2, -0.15) is 13.2 Å². The third-order valence-electron chi connectivity index (χ3n) is 1.28. The number of alkyl halides is 3. The Balaban J connectivity index is -0.000000218. The van der Waals surface area contributed by atoms with Gasteiger partial charge in [0, 0.05) is 21.1 Å². The molecule has 0 aromatic heterocycles. The number of hydrogen-bond donors (Lipinski definition) is 0. The van der Waals surface area contributed by atoms with Crippen molar-refractivity contribution < 1.29 is 47.2 Å². The van der Waals surface area contributed by atoms with E-state index in [9.17, 15) is 13.2 Å². The monoisotopic (exact) mass is 494 g/mol. The smallest absolute Gasteiger partial charge is 0.485 e. The van der Waals surface area contributed by atoms with Crippen LogP contribution in [0.15, 0.2) is 0 Å². The van der Waals surface area contributed by atoms with Crippen molar-refractivity contribution in [1.82, 2.24) is 0 Å². The molecule has 0 aliphatic carbocycles. The van der Waals surface area contributed by atoms with E-state index >= 15 is 0 Å². The first-order valence-electron chi connectivity index (χ1n) is 4.19. The minimum Gasteiger partial charge on any atom is -0.741 e. The maximum Gasteiger partial charge on any atom is 0.485 e. The molecule has 0 saturated carbocycles. The van der Waals surface area contributed by atoms with E-state index in [0.29, 0.717) is 15.8 Å². The molecule has 0 aliphatic heterocycles. The van der Waals surface area contributed by atoms with Gasteiger partial charge in [0.1, 0.15) is 0 Å². The molecule has 0 amide bonds. The second-order valence-electron chi connectivity index (χ2n) is 3.51. The first-order chi connectivity index (χ1) is 6.88. The van der Waals surface area contributed by atoms with Gasteiger partial charge in [0.15, 0.2) is 10.1 Å². The van der Waals surface area contributed by atoms with Crippen LogP contribution in [0.25, 0.3) is 0 Å². The van der Waals surface area contributed by atoms with E-state index in [-0.39, 0.29) is 21.1 Å². The zero-order valence-corrected chi connectivity index (χ0v) is 14.8. The van der Waals surface area contributed by atoms with Crippen molar-refractivity contribution in [3.63, 3.8) is 0 Å². The molecule has 0 aliphatic rings. The van der Waals surface area contributed by atoms with Gasteiger partial charge in [-0.3, -0.25) is 0 Å². The maximum atomic E-state index is 10.7. The summed E-state index contributed by atoms with van der Waals surface area (Å²) < 4.78 is 58.9. The molecule has 17 heavy (non-hydrogen) atoms. The van der Waals surface area contributed by atoms with E-state index in [0.717, 1.165) is 0 Å². The molecular formula is C7H16F3O3P2PtS-. The molecule has 0 rings (SSSR count). The predicted octanol–water partition coefficient (Wildman–Crippen LogP) is 2.52. The van der Waals surface area contributed by atoms with Crippen LogP contribution in [0, 0.1) is 0 Å². The predicted molar refractivity (Wildman–Crippen MR) is 63.0 cm³/mol. The molecule has 0 spiro atoms. The zero-order valence-electron chi connectivity index (χ0n) is 9.89. The van der Waals surface area contributed by atoms with Crippen LogP contribution in [0.3, 0.4) is 0 Å². The maximum absolute atomic E-state index is 10.7. The molecule has 0 bridgehead atoms. The fourth-order valence-electron chi connectivity index (χ4n) is 0.400. The fourth-order valence-corrected chi connectivity index (χ4v) is 3.60. The largest absolute Gasteiger partial charge is 0.741 e. The standard InChI is InChI=1S/C6H16P2.CHF3O3S.Pt/c1-7(2)5-6-8(3)4;2-1(3,4)8(5,6)7;/h5-6H2,1-4H3;(H,5,6,7);/p-1. The summed E-state index contributed by atoms with van der Waals surface area (Å²) in [5, 5.41) is 0. The molecule has 0 N–H and O–H groups in total. The van der Waals surface area contributed by atoms with Crippen molar-refractivity contribution in [3.05, 3.63) is 0 Å². The van der Waals surface area contributed by atoms with E-state index in [4.69, 9.17) is 13.0 Å². The first-order valence-corrected chi connectivity index (χ1v) is 10.4. The van der Waals surface area contributed by atoms with Crippen molar-refractivity contribution in [1.29, 1.82) is 0 Å².